The lowest BCUT2D eigenvalue weighted by atomic mass is 10.1. The number of nitrogens with zero attached hydrogens (tertiary/aromatic N) is 1. The number of nitrogens with one attached hydrogen (secondary N) is 1. The van der Waals surface area contributed by atoms with Gasteiger partial charge in [-0.25, -0.2) is 13.6 Å². The number of hydrogen-bond acceptors (Lipinski definition) is 3. The number of carbonyl (C=O) groups is 2. The van der Waals surface area contributed by atoms with Gasteiger partial charge in [-0.05, 0) is 24.6 Å². The molecule has 0 saturated carbocycles. The molecule has 2 unspecified atom stereocenters. The lowest BCUT2D eigenvalue weighted by Gasteiger charge is -2.19. The summed E-state index contributed by atoms with van der Waals surface area (Å²) in [6, 6.07) is 0.836. The Kier molecular flexibility index (Phi) is 4.52. The molecule has 3 amide bonds. The zero-order valence-electron chi connectivity index (χ0n) is 11.6. The van der Waals surface area contributed by atoms with Crippen molar-refractivity contribution in [2.24, 2.45) is 5.73 Å². The molecule has 7 heteroatoms. The largest absolute Gasteiger partial charge is 0.326 e. The fraction of sp³-hybridized carbons (Fsp3) is 0.429. The average molecular weight is 297 g/mol. The number of urea groups is 1. The SMILES string of the molecule is CCCC1NC(=O)N(CC(N)c2cc(F)ccc2F)C1=O. The van der Waals surface area contributed by atoms with Crippen LogP contribution in [0, 0.1) is 11.6 Å². The lowest BCUT2D eigenvalue weighted by Crippen LogP contribution is -2.38. The molecule has 0 spiro atoms. The van der Waals surface area contributed by atoms with Crippen LogP contribution in [0.15, 0.2) is 18.2 Å². The molecule has 2 atom stereocenters. The van der Waals surface area contributed by atoms with Crippen molar-refractivity contribution in [3.63, 3.8) is 0 Å². The molecule has 1 saturated heterocycles. The van der Waals surface area contributed by atoms with Crippen molar-refractivity contribution < 1.29 is 18.4 Å². The molecule has 0 bridgehead atoms. The topological polar surface area (TPSA) is 75.4 Å². The minimum atomic E-state index is -0.976. The molecule has 0 aromatic heterocycles. The smallest absolute Gasteiger partial charge is 0.324 e. The van der Waals surface area contributed by atoms with Gasteiger partial charge in [-0.3, -0.25) is 9.69 Å². The van der Waals surface area contributed by atoms with Gasteiger partial charge in [-0.1, -0.05) is 13.3 Å². The highest BCUT2D eigenvalue weighted by molar-refractivity contribution is 6.04. The van der Waals surface area contributed by atoms with E-state index in [1.165, 1.54) is 0 Å². The van der Waals surface area contributed by atoms with Crippen LogP contribution in [0.2, 0.25) is 0 Å². The van der Waals surface area contributed by atoms with E-state index in [1.807, 2.05) is 6.92 Å². The summed E-state index contributed by atoms with van der Waals surface area (Å²) in [5, 5.41) is 2.55. The number of amides is 3. The van der Waals surface area contributed by atoms with Crippen LogP contribution in [-0.2, 0) is 4.79 Å². The van der Waals surface area contributed by atoms with Crippen LogP contribution >= 0.6 is 0 Å². The molecule has 1 aliphatic heterocycles. The fourth-order valence-corrected chi connectivity index (χ4v) is 2.33. The summed E-state index contributed by atoms with van der Waals surface area (Å²) in [4.78, 5) is 24.8. The van der Waals surface area contributed by atoms with Crippen molar-refractivity contribution in [2.75, 3.05) is 6.54 Å². The predicted octanol–water partition coefficient (Wildman–Crippen LogP) is 1.69. The second-order valence-corrected chi connectivity index (χ2v) is 5.01. The molecule has 3 N–H and O–H groups in total. The quantitative estimate of drug-likeness (QED) is 0.812. The minimum Gasteiger partial charge on any atom is -0.326 e. The number of rotatable bonds is 5. The van der Waals surface area contributed by atoms with Crippen molar-refractivity contribution >= 4 is 11.9 Å². The Balaban J connectivity index is 2.12. The zero-order chi connectivity index (χ0) is 15.6. The van der Waals surface area contributed by atoms with E-state index < -0.39 is 29.7 Å². The Morgan fingerprint density at radius 2 is 2.10 bits per heavy atom. The van der Waals surface area contributed by atoms with E-state index in [4.69, 9.17) is 5.73 Å². The first kappa shape index (κ1) is 15.4. The standard InChI is InChI=1S/C14H17F2N3O2/c1-2-3-12-13(20)19(14(21)18-12)7-11(17)9-6-8(15)4-5-10(9)16/h4-6,11-12H,2-3,7,17H2,1H3,(H,18,21). The number of imide groups is 1. The maximum Gasteiger partial charge on any atom is 0.324 e. The molecule has 5 nitrogen and oxygen atoms in total. The monoisotopic (exact) mass is 297 g/mol. The predicted molar refractivity (Wildman–Crippen MR) is 72.2 cm³/mol. The van der Waals surface area contributed by atoms with Crippen molar-refractivity contribution in [1.82, 2.24) is 10.2 Å². The van der Waals surface area contributed by atoms with Crippen LogP contribution in [0.4, 0.5) is 13.6 Å². The van der Waals surface area contributed by atoms with Gasteiger partial charge in [0.1, 0.15) is 17.7 Å². The highest BCUT2D eigenvalue weighted by atomic mass is 19.1. The lowest BCUT2D eigenvalue weighted by molar-refractivity contribution is -0.127. The van der Waals surface area contributed by atoms with Crippen molar-refractivity contribution in [2.45, 2.75) is 31.8 Å². The Labute approximate surface area is 121 Å². The molecule has 1 heterocycles. The normalized spacial score (nSPS) is 19.8. The maximum absolute atomic E-state index is 13.6. The zero-order valence-corrected chi connectivity index (χ0v) is 11.6. The number of benzene rings is 1. The molecule has 0 aliphatic carbocycles. The molecule has 1 fully saturated rings. The molecular weight excluding hydrogens is 280 g/mol. The Morgan fingerprint density at radius 3 is 2.76 bits per heavy atom. The first-order valence-corrected chi connectivity index (χ1v) is 6.76. The minimum absolute atomic E-state index is 0.0606. The Hall–Kier alpha value is -2.02. The number of nitrogens with two attached hydrogens (primary N) is 1. The molecular formula is C14H17F2N3O2. The summed E-state index contributed by atoms with van der Waals surface area (Å²) < 4.78 is 26.8. The van der Waals surface area contributed by atoms with E-state index >= 15 is 0 Å². The third-order valence-corrected chi connectivity index (χ3v) is 3.42. The molecule has 1 aromatic rings. The van der Waals surface area contributed by atoms with Gasteiger partial charge in [0.2, 0.25) is 0 Å². The van der Waals surface area contributed by atoms with Gasteiger partial charge in [-0.2, -0.15) is 0 Å². The van der Waals surface area contributed by atoms with Gasteiger partial charge >= 0.3 is 6.03 Å². The van der Waals surface area contributed by atoms with E-state index in [0.29, 0.717) is 6.42 Å². The summed E-state index contributed by atoms with van der Waals surface area (Å²) in [5.41, 5.74) is 5.75. The molecule has 21 heavy (non-hydrogen) atoms. The highest BCUT2D eigenvalue weighted by Gasteiger charge is 2.38. The van der Waals surface area contributed by atoms with Crippen LogP contribution < -0.4 is 11.1 Å². The highest BCUT2D eigenvalue weighted by Crippen LogP contribution is 2.20. The third-order valence-electron chi connectivity index (χ3n) is 3.42. The summed E-state index contributed by atoms with van der Waals surface area (Å²) >= 11 is 0. The van der Waals surface area contributed by atoms with E-state index in [0.717, 1.165) is 29.5 Å². The van der Waals surface area contributed by atoms with Gasteiger partial charge in [0.05, 0.1) is 6.04 Å². The molecule has 114 valence electrons. The van der Waals surface area contributed by atoms with Crippen LogP contribution in [-0.4, -0.2) is 29.4 Å². The van der Waals surface area contributed by atoms with Gasteiger partial charge in [0.15, 0.2) is 0 Å². The Morgan fingerprint density at radius 1 is 1.38 bits per heavy atom. The van der Waals surface area contributed by atoms with Crippen LogP contribution in [0.25, 0.3) is 0 Å². The van der Waals surface area contributed by atoms with Gasteiger partial charge in [0.25, 0.3) is 5.91 Å². The second kappa shape index (κ2) is 6.17. The van der Waals surface area contributed by atoms with Gasteiger partial charge < -0.3 is 11.1 Å². The fourth-order valence-electron chi connectivity index (χ4n) is 2.33. The van der Waals surface area contributed by atoms with Crippen molar-refractivity contribution in [3.05, 3.63) is 35.4 Å². The second-order valence-electron chi connectivity index (χ2n) is 5.01. The molecule has 0 radical (unpaired) electrons. The average Bonchev–Trinajstić information content (AvgIpc) is 2.69. The van der Waals surface area contributed by atoms with E-state index in [9.17, 15) is 18.4 Å². The summed E-state index contributed by atoms with van der Waals surface area (Å²) in [7, 11) is 0. The third kappa shape index (κ3) is 3.18. The summed E-state index contributed by atoms with van der Waals surface area (Å²) in [5.74, 6) is -1.67. The van der Waals surface area contributed by atoms with Gasteiger partial charge in [0, 0.05) is 12.1 Å². The molecule has 1 aliphatic rings. The number of hydrogen-bond donors (Lipinski definition) is 2. The summed E-state index contributed by atoms with van der Waals surface area (Å²) in [6.07, 6.45) is 1.28. The van der Waals surface area contributed by atoms with Crippen LogP contribution in [0.3, 0.4) is 0 Å². The van der Waals surface area contributed by atoms with E-state index in [1.54, 1.807) is 0 Å². The van der Waals surface area contributed by atoms with Crippen molar-refractivity contribution in [3.8, 4) is 0 Å². The molecule has 1 aromatic carbocycles. The first-order valence-electron chi connectivity index (χ1n) is 6.76. The first-order chi connectivity index (χ1) is 9.93. The van der Waals surface area contributed by atoms with Gasteiger partial charge in [-0.15, -0.1) is 0 Å². The van der Waals surface area contributed by atoms with E-state index in [2.05, 4.69) is 5.32 Å². The summed E-state index contributed by atoms with van der Waals surface area (Å²) in [6.45, 7) is 1.71. The maximum atomic E-state index is 13.6. The van der Waals surface area contributed by atoms with Crippen LogP contribution in [0.5, 0.6) is 0 Å². The number of halogens is 2. The molecule has 2 rings (SSSR count). The Bertz CT molecular complexity index is 565. The van der Waals surface area contributed by atoms with Crippen LogP contribution in [0.1, 0.15) is 31.4 Å². The van der Waals surface area contributed by atoms with Crippen molar-refractivity contribution in [1.29, 1.82) is 0 Å². The number of carbonyl (C=O) groups excluding carboxylic acids is 2. The van der Waals surface area contributed by atoms with E-state index in [-0.39, 0.29) is 18.0 Å².